The van der Waals surface area contributed by atoms with E-state index in [-0.39, 0.29) is 12.4 Å². The number of amides is 1. The first kappa shape index (κ1) is 18.0. The molecule has 0 bridgehead atoms. The average Bonchev–Trinajstić information content (AvgIpc) is 2.47. The third-order valence-electron chi connectivity index (χ3n) is 4.32. The summed E-state index contributed by atoms with van der Waals surface area (Å²) in [4.78, 5) is 14.5. The Morgan fingerprint density at radius 2 is 2.10 bits per heavy atom. The number of rotatable bonds is 5. The smallest absolute Gasteiger partial charge is 0.223 e. The van der Waals surface area contributed by atoms with Crippen LogP contribution in [0.1, 0.15) is 43.2 Å². The van der Waals surface area contributed by atoms with Gasteiger partial charge in [-0.25, -0.2) is 0 Å². The summed E-state index contributed by atoms with van der Waals surface area (Å²) in [6.45, 7) is 3.70. The highest BCUT2D eigenvalue weighted by Gasteiger charge is 2.25. The molecule has 2 N–H and O–H groups in total. The monoisotopic (exact) mass is 310 g/mol. The Hall–Kier alpha value is -1.06. The van der Waals surface area contributed by atoms with E-state index in [1.807, 2.05) is 12.1 Å². The average molecular weight is 311 g/mol. The number of hydrogen-bond donors (Lipinski definition) is 1. The molecule has 1 atom stereocenters. The summed E-state index contributed by atoms with van der Waals surface area (Å²) >= 11 is 0. The molecule has 1 aromatic carbocycles. The van der Waals surface area contributed by atoms with Crippen LogP contribution < -0.4 is 5.73 Å². The highest BCUT2D eigenvalue weighted by atomic mass is 35.5. The third kappa shape index (κ3) is 5.01. The van der Waals surface area contributed by atoms with Gasteiger partial charge in [0.05, 0.1) is 0 Å². The number of hydrogen-bond acceptors (Lipinski definition) is 2. The first-order valence-corrected chi connectivity index (χ1v) is 7.76. The SMILES string of the molecule is Cc1ccccc1CCC(=O)N1CCCCC1CCN.Cl. The maximum atomic E-state index is 12.5. The lowest BCUT2D eigenvalue weighted by Gasteiger charge is -2.36. The number of nitrogens with two attached hydrogens (primary N) is 1. The van der Waals surface area contributed by atoms with Crippen molar-refractivity contribution in [3.05, 3.63) is 35.4 Å². The summed E-state index contributed by atoms with van der Waals surface area (Å²) in [5, 5.41) is 0. The Labute approximate surface area is 134 Å². The molecule has 4 heteroatoms. The molecule has 1 aliphatic rings. The van der Waals surface area contributed by atoms with Gasteiger partial charge in [0.1, 0.15) is 0 Å². The molecule has 0 radical (unpaired) electrons. The molecule has 0 saturated carbocycles. The van der Waals surface area contributed by atoms with E-state index in [4.69, 9.17) is 5.73 Å². The third-order valence-corrected chi connectivity index (χ3v) is 4.32. The van der Waals surface area contributed by atoms with Crippen molar-refractivity contribution >= 4 is 18.3 Å². The van der Waals surface area contributed by atoms with Gasteiger partial charge in [0.2, 0.25) is 5.91 Å². The van der Waals surface area contributed by atoms with Gasteiger partial charge in [-0.15, -0.1) is 12.4 Å². The summed E-state index contributed by atoms with van der Waals surface area (Å²) in [6.07, 6.45) is 5.89. The molecule has 118 valence electrons. The zero-order chi connectivity index (χ0) is 14.4. The van der Waals surface area contributed by atoms with E-state index >= 15 is 0 Å². The number of nitrogens with zero attached hydrogens (tertiary/aromatic N) is 1. The minimum absolute atomic E-state index is 0. The number of likely N-dealkylation sites (tertiary alicyclic amines) is 1. The van der Waals surface area contributed by atoms with Gasteiger partial charge in [0.25, 0.3) is 0 Å². The van der Waals surface area contributed by atoms with Crippen LogP contribution in [0.4, 0.5) is 0 Å². The van der Waals surface area contributed by atoms with Crippen LogP contribution in [0, 0.1) is 6.92 Å². The lowest BCUT2D eigenvalue weighted by Crippen LogP contribution is -2.44. The van der Waals surface area contributed by atoms with Crippen molar-refractivity contribution in [2.75, 3.05) is 13.1 Å². The van der Waals surface area contributed by atoms with Gasteiger partial charge >= 0.3 is 0 Å². The molecular weight excluding hydrogens is 284 g/mol. The summed E-state index contributed by atoms with van der Waals surface area (Å²) in [5.74, 6) is 0.298. The molecule has 2 rings (SSSR count). The van der Waals surface area contributed by atoms with Crippen molar-refractivity contribution in [1.29, 1.82) is 0 Å². The quantitative estimate of drug-likeness (QED) is 0.908. The normalized spacial score (nSPS) is 18.2. The van der Waals surface area contributed by atoms with E-state index in [1.54, 1.807) is 0 Å². The van der Waals surface area contributed by atoms with Crippen molar-refractivity contribution < 1.29 is 4.79 Å². The number of piperidine rings is 1. The highest BCUT2D eigenvalue weighted by Crippen LogP contribution is 2.21. The molecule has 1 amide bonds. The van der Waals surface area contributed by atoms with Gasteiger partial charge in [-0.1, -0.05) is 24.3 Å². The van der Waals surface area contributed by atoms with E-state index in [2.05, 4.69) is 24.0 Å². The van der Waals surface area contributed by atoms with Gasteiger partial charge in [-0.05, 0) is 56.7 Å². The number of carbonyl (C=O) groups excluding carboxylic acids is 1. The predicted molar refractivity (Wildman–Crippen MR) is 89.8 cm³/mol. The zero-order valence-corrected chi connectivity index (χ0v) is 13.7. The molecule has 3 nitrogen and oxygen atoms in total. The Morgan fingerprint density at radius 3 is 2.81 bits per heavy atom. The van der Waals surface area contributed by atoms with E-state index in [1.165, 1.54) is 17.5 Å². The van der Waals surface area contributed by atoms with Crippen LogP contribution in [-0.2, 0) is 11.2 Å². The van der Waals surface area contributed by atoms with Gasteiger partial charge in [0.15, 0.2) is 0 Å². The molecule has 21 heavy (non-hydrogen) atoms. The van der Waals surface area contributed by atoms with Gasteiger partial charge in [-0.3, -0.25) is 4.79 Å². The van der Waals surface area contributed by atoms with Crippen molar-refractivity contribution in [3.63, 3.8) is 0 Å². The summed E-state index contributed by atoms with van der Waals surface area (Å²) in [5.41, 5.74) is 8.23. The predicted octanol–water partition coefficient (Wildman–Crippen LogP) is 3.08. The molecule has 1 saturated heterocycles. The topological polar surface area (TPSA) is 46.3 Å². The highest BCUT2D eigenvalue weighted by molar-refractivity contribution is 5.85. The van der Waals surface area contributed by atoms with Crippen molar-refractivity contribution in [2.45, 2.75) is 51.5 Å². The fourth-order valence-corrected chi connectivity index (χ4v) is 3.10. The molecule has 1 aliphatic heterocycles. The van der Waals surface area contributed by atoms with Crippen LogP contribution in [0.25, 0.3) is 0 Å². The minimum Gasteiger partial charge on any atom is -0.340 e. The minimum atomic E-state index is 0. The maximum absolute atomic E-state index is 12.5. The molecular formula is C17H27ClN2O. The largest absolute Gasteiger partial charge is 0.340 e. The standard InChI is InChI=1S/C17H26N2O.ClH/c1-14-6-2-3-7-15(14)9-10-17(20)19-13-5-4-8-16(19)11-12-18;/h2-3,6-7,16H,4-5,8-13,18H2,1H3;1H. The van der Waals surface area contributed by atoms with Crippen LogP contribution in [-0.4, -0.2) is 29.9 Å². The lowest BCUT2D eigenvalue weighted by atomic mass is 9.97. The van der Waals surface area contributed by atoms with Crippen LogP contribution in [0.3, 0.4) is 0 Å². The van der Waals surface area contributed by atoms with Crippen LogP contribution in [0.2, 0.25) is 0 Å². The number of halogens is 1. The van der Waals surface area contributed by atoms with Crippen molar-refractivity contribution in [2.24, 2.45) is 5.73 Å². The molecule has 0 aromatic heterocycles. The van der Waals surface area contributed by atoms with Gasteiger partial charge in [0, 0.05) is 19.0 Å². The maximum Gasteiger partial charge on any atom is 0.223 e. The molecule has 1 fully saturated rings. The molecule has 0 aliphatic carbocycles. The summed E-state index contributed by atoms with van der Waals surface area (Å²) in [6, 6.07) is 8.69. The molecule has 1 aromatic rings. The lowest BCUT2D eigenvalue weighted by molar-refractivity contribution is -0.134. The Morgan fingerprint density at radius 1 is 1.33 bits per heavy atom. The van der Waals surface area contributed by atoms with E-state index in [0.29, 0.717) is 24.9 Å². The van der Waals surface area contributed by atoms with Gasteiger partial charge < -0.3 is 10.6 Å². The Kier molecular flexibility index (Phi) is 7.76. The van der Waals surface area contributed by atoms with E-state index in [0.717, 1.165) is 32.2 Å². The zero-order valence-electron chi connectivity index (χ0n) is 12.9. The molecule has 1 heterocycles. The summed E-state index contributed by atoms with van der Waals surface area (Å²) in [7, 11) is 0. The van der Waals surface area contributed by atoms with Gasteiger partial charge in [-0.2, -0.15) is 0 Å². The fourth-order valence-electron chi connectivity index (χ4n) is 3.10. The summed E-state index contributed by atoms with van der Waals surface area (Å²) < 4.78 is 0. The first-order chi connectivity index (χ1) is 9.72. The Balaban J connectivity index is 0.00000220. The van der Waals surface area contributed by atoms with Crippen LogP contribution >= 0.6 is 12.4 Å². The van der Waals surface area contributed by atoms with E-state index in [9.17, 15) is 4.79 Å². The second-order valence-electron chi connectivity index (χ2n) is 5.74. The second kappa shape index (κ2) is 9.06. The first-order valence-electron chi connectivity index (χ1n) is 7.76. The van der Waals surface area contributed by atoms with Crippen LogP contribution in [0.15, 0.2) is 24.3 Å². The van der Waals surface area contributed by atoms with Crippen molar-refractivity contribution in [3.8, 4) is 0 Å². The second-order valence-corrected chi connectivity index (χ2v) is 5.74. The van der Waals surface area contributed by atoms with Crippen LogP contribution in [0.5, 0.6) is 0 Å². The van der Waals surface area contributed by atoms with Crippen molar-refractivity contribution in [1.82, 2.24) is 4.90 Å². The number of benzene rings is 1. The van der Waals surface area contributed by atoms with E-state index < -0.39 is 0 Å². The Bertz CT molecular complexity index is 448. The number of carbonyl (C=O) groups is 1. The fraction of sp³-hybridized carbons (Fsp3) is 0.588. The number of aryl methyl sites for hydroxylation is 2. The molecule has 0 spiro atoms. The molecule has 1 unspecified atom stereocenters.